The standard InChI is InChI=1S/C13H25N3O2/c1-5-16(7-8-17-6-2)13-15-12(10-18-13)9-14-11(3)4/h10-11,14H,5-9H2,1-4H3. The van der Waals surface area contributed by atoms with Gasteiger partial charge in [-0.25, -0.2) is 0 Å². The zero-order valence-electron chi connectivity index (χ0n) is 11.9. The first kappa shape index (κ1) is 15.0. The topological polar surface area (TPSA) is 50.5 Å². The van der Waals surface area contributed by atoms with Crippen LogP contribution in [0.3, 0.4) is 0 Å². The van der Waals surface area contributed by atoms with E-state index in [1.807, 2.05) is 6.92 Å². The summed E-state index contributed by atoms with van der Waals surface area (Å²) in [6.07, 6.45) is 1.72. The molecule has 0 saturated carbocycles. The van der Waals surface area contributed by atoms with Crippen molar-refractivity contribution in [3.05, 3.63) is 12.0 Å². The fourth-order valence-electron chi connectivity index (χ4n) is 1.54. The largest absolute Gasteiger partial charge is 0.432 e. The Morgan fingerprint density at radius 3 is 2.83 bits per heavy atom. The summed E-state index contributed by atoms with van der Waals surface area (Å²) in [7, 11) is 0. The molecule has 1 N–H and O–H groups in total. The third-order valence-electron chi connectivity index (χ3n) is 2.59. The van der Waals surface area contributed by atoms with Crippen LogP contribution in [0.4, 0.5) is 6.01 Å². The lowest BCUT2D eigenvalue weighted by Crippen LogP contribution is -2.27. The summed E-state index contributed by atoms with van der Waals surface area (Å²) in [6, 6.07) is 1.13. The van der Waals surface area contributed by atoms with E-state index < -0.39 is 0 Å². The fourth-order valence-corrected chi connectivity index (χ4v) is 1.54. The van der Waals surface area contributed by atoms with Gasteiger partial charge in [0.05, 0.1) is 12.3 Å². The van der Waals surface area contributed by atoms with Gasteiger partial charge in [0, 0.05) is 32.3 Å². The van der Waals surface area contributed by atoms with Gasteiger partial charge in [-0.15, -0.1) is 0 Å². The van der Waals surface area contributed by atoms with Crippen LogP contribution in [0.1, 0.15) is 33.4 Å². The quantitative estimate of drug-likeness (QED) is 0.684. The highest BCUT2D eigenvalue weighted by molar-refractivity contribution is 5.26. The molecule has 5 nitrogen and oxygen atoms in total. The van der Waals surface area contributed by atoms with E-state index in [-0.39, 0.29) is 0 Å². The molecule has 0 bridgehead atoms. The van der Waals surface area contributed by atoms with Gasteiger partial charge in [-0.2, -0.15) is 4.98 Å². The first-order valence-electron chi connectivity index (χ1n) is 6.67. The van der Waals surface area contributed by atoms with Gasteiger partial charge in [-0.1, -0.05) is 13.8 Å². The summed E-state index contributed by atoms with van der Waals surface area (Å²) in [5, 5.41) is 3.32. The third kappa shape index (κ3) is 5.06. The predicted octanol–water partition coefficient (Wildman–Crippen LogP) is 2.04. The Morgan fingerprint density at radius 2 is 2.22 bits per heavy atom. The molecule has 0 unspecified atom stereocenters. The summed E-state index contributed by atoms with van der Waals surface area (Å²) in [4.78, 5) is 6.55. The number of nitrogens with zero attached hydrogens (tertiary/aromatic N) is 2. The highest BCUT2D eigenvalue weighted by Crippen LogP contribution is 2.13. The van der Waals surface area contributed by atoms with Gasteiger partial charge in [0.1, 0.15) is 6.26 Å². The number of hydrogen-bond donors (Lipinski definition) is 1. The molecule has 0 aliphatic heterocycles. The Kier molecular flexibility index (Phi) is 6.75. The molecule has 18 heavy (non-hydrogen) atoms. The van der Waals surface area contributed by atoms with E-state index in [9.17, 15) is 0 Å². The van der Waals surface area contributed by atoms with E-state index in [1.54, 1.807) is 6.26 Å². The Morgan fingerprint density at radius 1 is 1.44 bits per heavy atom. The Hall–Kier alpha value is -1.07. The van der Waals surface area contributed by atoms with Gasteiger partial charge in [-0.05, 0) is 13.8 Å². The van der Waals surface area contributed by atoms with Crippen LogP contribution in [0.2, 0.25) is 0 Å². The summed E-state index contributed by atoms with van der Waals surface area (Å²) in [5.74, 6) is 0. The Balaban J connectivity index is 2.47. The number of anilines is 1. The normalized spacial score (nSPS) is 11.2. The lowest BCUT2D eigenvalue weighted by atomic mass is 10.4. The molecule has 0 aliphatic rings. The molecule has 0 atom stereocenters. The summed E-state index contributed by atoms with van der Waals surface area (Å²) < 4.78 is 10.8. The van der Waals surface area contributed by atoms with Gasteiger partial charge in [0.2, 0.25) is 0 Å². The average molecular weight is 255 g/mol. The zero-order valence-corrected chi connectivity index (χ0v) is 11.9. The number of nitrogens with one attached hydrogen (secondary N) is 1. The van der Waals surface area contributed by atoms with Crippen LogP contribution in [-0.4, -0.2) is 37.3 Å². The van der Waals surface area contributed by atoms with Crippen LogP contribution in [0.25, 0.3) is 0 Å². The maximum Gasteiger partial charge on any atom is 0.297 e. The number of rotatable bonds is 9. The maximum absolute atomic E-state index is 5.50. The molecule has 0 fully saturated rings. The van der Waals surface area contributed by atoms with Crippen LogP contribution in [0.5, 0.6) is 0 Å². The van der Waals surface area contributed by atoms with Gasteiger partial charge in [0.15, 0.2) is 0 Å². The van der Waals surface area contributed by atoms with E-state index >= 15 is 0 Å². The zero-order chi connectivity index (χ0) is 13.4. The van der Waals surface area contributed by atoms with Crippen molar-refractivity contribution in [2.24, 2.45) is 0 Å². The van der Waals surface area contributed by atoms with E-state index in [0.29, 0.717) is 18.7 Å². The second kappa shape index (κ2) is 8.11. The SMILES string of the molecule is CCOCCN(CC)c1nc(CNC(C)C)co1. The number of ether oxygens (including phenoxy) is 1. The van der Waals surface area contributed by atoms with Crippen LogP contribution in [0.15, 0.2) is 10.7 Å². The van der Waals surface area contributed by atoms with Crippen LogP contribution in [-0.2, 0) is 11.3 Å². The smallest absolute Gasteiger partial charge is 0.297 e. The molecular weight excluding hydrogens is 230 g/mol. The first-order chi connectivity index (χ1) is 8.67. The van der Waals surface area contributed by atoms with Crippen LogP contribution >= 0.6 is 0 Å². The molecule has 0 spiro atoms. The number of likely N-dealkylation sites (N-methyl/N-ethyl adjacent to an activating group) is 1. The molecule has 1 heterocycles. The minimum absolute atomic E-state index is 0.449. The Bertz CT molecular complexity index is 326. The van der Waals surface area contributed by atoms with Crippen molar-refractivity contribution in [3.8, 4) is 0 Å². The molecule has 1 rings (SSSR count). The van der Waals surface area contributed by atoms with Gasteiger partial charge < -0.3 is 19.4 Å². The summed E-state index contributed by atoms with van der Waals surface area (Å²) in [5.41, 5.74) is 0.938. The molecule has 0 saturated heterocycles. The monoisotopic (exact) mass is 255 g/mol. The molecule has 0 amide bonds. The van der Waals surface area contributed by atoms with Crippen molar-refractivity contribution < 1.29 is 9.15 Å². The minimum atomic E-state index is 0.449. The van der Waals surface area contributed by atoms with E-state index in [0.717, 1.165) is 31.9 Å². The molecular formula is C13H25N3O2. The van der Waals surface area contributed by atoms with Gasteiger partial charge in [0.25, 0.3) is 6.01 Å². The molecule has 0 aromatic carbocycles. The van der Waals surface area contributed by atoms with Gasteiger partial charge >= 0.3 is 0 Å². The lowest BCUT2D eigenvalue weighted by molar-refractivity contribution is 0.153. The van der Waals surface area contributed by atoms with Crippen molar-refractivity contribution in [3.63, 3.8) is 0 Å². The molecule has 0 aliphatic carbocycles. The van der Waals surface area contributed by atoms with E-state index in [1.165, 1.54) is 0 Å². The fraction of sp³-hybridized carbons (Fsp3) is 0.769. The Labute approximate surface area is 110 Å². The number of hydrogen-bond acceptors (Lipinski definition) is 5. The summed E-state index contributed by atoms with van der Waals surface area (Å²) >= 11 is 0. The number of oxazole rings is 1. The average Bonchev–Trinajstić information content (AvgIpc) is 2.81. The van der Waals surface area contributed by atoms with Crippen molar-refractivity contribution in [2.45, 2.75) is 40.3 Å². The summed E-state index contributed by atoms with van der Waals surface area (Å²) in [6.45, 7) is 12.2. The molecule has 104 valence electrons. The lowest BCUT2D eigenvalue weighted by Gasteiger charge is -2.17. The predicted molar refractivity (Wildman–Crippen MR) is 72.9 cm³/mol. The van der Waals surface area contributed by atoms with Crippen molar-refractivity contribution in [1.29, 1.82) is 0 Å². The highest BCUT2D eigenvalue weighted by atomic mass is 16.5. The molecule has 1 aromatic heterocycles. The van der Waals surface area contributed by atoms with E-state index in [2.05, 4.69) is 36.0 Å². The maximum atomic E-state index is 5.50. The van der Waals surface area contributed by atoms with Crippen molar-refractivity contribution in [1.82, 2.24) is 10.3 Å². The number of aromatic nitrogens is 1. The first-order valence-corrected chi connectivity index (χ1v) is 6.67. The van der Waals surface area contributed by atoms with Crippen LogP contribution in [0, 0.1) is 0 Å². The van der Waals surface area contributed by atoms with Crippen molar-refractivity contribution >= 4 is 6.01 Å². The van der Waals surface area contributed by atoms with E-state index in [4.69, 9.17) is 9.15 Å². The van der Waals surface area contributed by atoms with Gasteiger partial charge in [-0.3, -0.25) is 0 Å². The van der Waals surface area contributed by atoms with Crippen LogP contribution < -0.4 is 10.2 Å². The second-order valence-corrected chi connectivity index (χ2v) is 4.43. The second-order valence-electron chi connectivity index (χ2n) is 4.43. The highest BCUT2D eigenvalue weighted by Gasteiger charge is 2.11. The molecule has 1 aromatic rings. The third-order valence-corrected chi connectivity index (χ3v) is 2.59. The molecule has 0 radical (unpaired) electrons. The minimum Gasteiger partial charge on any atom is -0.432 e. The molecule has 5 heteroatoms. The van der Waals surface area contributed by atoms with Crippen molar-refractivity contribution in [2.75, 3.05) is 31.2 Å².